The number of rotatable bonds is 6. The SMILES string of the molecule is CN(CC(=O)OC(C)(C)C)c1ncnc(N2CCC(n3nnc4ccccc43)CC2)c1[N+](=O)[O-]. The van der Waals surface area contributed by atoms with Crippen LogP contribution in [0.3, 0.4) is 0 Å². The van der Waals surface area contributed by atoms with Crippen LogP contribution in [0, 0.1) is 10.1 Å². The lowest BCUT2D eigenvalue weighted by Crippen LogP contribution is -2.37. The molecule has 1 saturated heterocycles. The van der Waals surface area contributed by atoms with E-state index in [1.54, 1.807) is 27.8 Å². The summed E-state index contributed by atoms with van der Waals surface area (Å²) in [6.45, 7) is 6.25. The van der Waals surface area contributed by atoms with Crippen LogP contribution in [0.25, 0.3) is 11.0 Å². The summed E-state index contributed by atoms with van der Waals surface area (Å²) in [5.41, 5.74) is 0.938. The molecular weight excluding hydrogens is 440 g/mol. The van der Waals surface area contributed by atoms with Crippen molar-refractivity contribution in [1.82, 2.24) is 25.0 Å². The maximum absolute atomic E-state index is 12.3. The maximum Gasteiger partial charge on any atom is 0.353 e. The summed E-state index contributed by atoms with van der Waals surface area (Å²) in [4.78, 5) is 35.5. The van der Waals surface area contributed by atoms with E-state index in [2.05, 4.69) is 20.3 Å². The van der Waals surface area contributed by atoms with Crippen LogP contribution in [0.15, 0.2) is 30.6 Å². The van der Waals surface area contributed by atoms with Crippen molar-refractivity contribution in [1.29, 1.82) is 0 Å². The summed E-state index contributed by atoms with van der Waals surface area (Å²) in [5.74, 6) is -0.177. The Morgan fingerprint density at radius 2 is 1.94 bits per heavy atom. The van der Waals surface area contributed by atoms with Crippen LogP contribution in [0.5, 0.6) is 0 Å². The zero-order valence-corrected chi connectivity index (χ0v) is 19.7. The molecule has 1 aliphatic heterocycles. The zero-order valence-electron chi connectivity index (χ0n) is 19.7. The standard InChI is InChI=1S/C22H28N8O4/c1-22(2,3)34-18(31)13-27(4)20-19(30(32)33)21(24-14-23-20)28-11-9-15(10-12-28)29-17-8-6-5-7-16(17)25-26-29/h5-8,14-15H,9-13H2,1-4H3. The fourth-order valence-corrected chi connectivity index (χ4v) is 4.16. The van der Waals surface area contributed by atoms with Crippen molar-refractivity contribution in [3.05, 3.63) is 40.7 Å². The third kappa shape index (κ3) is 4.90. The lowest BCUT2D eigenvalue weighted by molar-refractivity contribution is -0.383. The molecule has 0 bridgehead atoms. The van der Waals surface area contributed by atoms with Crippen LogP contribution in [0.1, 0.15) is 39.7 Å². The number of hydrogen-bond donors (Lipinski definition) is 0. The summed E-state index contributed by atoms with van der Waals surface area (Å²) in [5, 5.41) is 20.6. The molecule has 12 nitrogen and oxygen atoms in total. The molecule has 1 aliphatic rings. The van der Waals surface area contributed by atoms with Gasteiger partial charge < -0.3 is 14.5 Å². The minimum atomic E-state index is -0.652. The van der Waals surface area contributed by atoms with E-state index in [-0.39, 0.29) is 29.9 Å². The minimum Gasteiger partial charge on any atom is -0.459 e. The summed E-state index contributed by atoms with van der Waals surface area (Å²) >= 11 is 0. The second-order valence-corrected chi connectivity index (χ2v) is 9.31. The number of hydrogen-bond acceptors (Lipinski definition) is 10. The molecule has 2 aromatic heterocycles. The van der Waals surface area contributed by atoms with Gasteiger partial charge in [0.2, 0.25) is 11.6 Å². The normalized spacial score (nSPS) is 14.9. The lowest BCUT2D eigenvalue weighted by Gasteiger charge is -2.32. The van der Waals surface area contributed by atoms with Crippen LogP contribution in [0.4, 0.5) is 17.3 Å². The Balaban J connectivity index is 1.52. The van der Waals surface area contributed by atoms with E-state index in [4.69, 9.17) is 4.74 Å². The Bertz CT molecular complexity index is 1200. The topological polar surface area (TPSA) is 132 Å². The third-order valence-corrected chi connectivity index (χ3v) is 5.60. The highest BCUT2D eigenvalue weighted by Crippen LogP contribution is 2.36. The van der Waals surface area contributed by atoms with Crippen LogP contribution < -0.4 is 9.80 Å². The van der Waals surface area contributed by atoms with Crippen molar-refractivity contribution in [2.45, 2.75) is 45.3 Å². The second-order valence-electron chi connectivity index (χ2n) is 9.31. The van der Waals surface area contributed by atoms with Gasteiger partial charge in [0.15, 0.2) is 0 Å². The Labute approximate surface area is 196 Å². The average molecular weight is 469 g/mol. The number of para-hydroxylation sites is 1. The number of piperidine rings is 1. The number of aromatic nitrogens is 5. The van der Waals surface area contributed by atoms with Crippen molar-refractivity contribution < 1.29 is 14.5 Å². The molecule has 34 heavy (non-hydrogen) atoms. The first-order valence-electron chi connectivity index (χ1n) is 11.1. The molecule has 1 fully saturated rings. The molecule has 12 heteroatoms. The van der Waals surface area contributed by atoms with E-state index in [9.17, 15) is 14.9 Å². The summed E-state index contributed by atoms with van der Waals surface area (Å²) in [6, 6.07) is 7.93. The van der Waals surface area contributed by atoms with Gasteiger partial charge in [0, 0.05) is 20.1 Å². The number of benzene rings is 1. The van der Waals surface area contributed by atoms with Gasteiger partial charge in [-0.1, -0.05) is 17.3 Å². The van der Waals surface area contributed by atoms with Crippen LogP contribution >= 0.6 is 0 Å². The fraction of sp³-hybridized carbons (Fsp3) is 0.500. The predicted molar refractivity (Wildman–Crippen MR) is 126 cm³/mol. The van der Waals surface area contributed by atoms with E-state index < -0.39 is 16.5 Å². The molecule has 0 unspecified atom stereocenters. The number of nitrogens with zero attached hydrogens (tertiary/aromatic N) is 8. The van der Waals surface area contributed by atoms with Gasteiger partial charge in [-0.05, 0) is 45.7 Å². The number of carbonyl (C=O) groups is 1. The number of anilines is 2. The molecule has 180 valence electrons. The number of fused-ring (bicyclic) bond motifs is 1. The van der Waals surface area contributed by atoms with Crippen molar-refractivity contribution in [2.24, 2.45) is 0 Å². The van der Waals surface area contributed by atoms with Gasteiger partial charge in [0.05, 0.1) is 16.5 Å². The summed E-state index contributed by atoms with van der Waals surface area (Å²) < 4.78 is 7.27. The van der Waals surface area contributed by atoms with Gasteiger partial charge in [-0.3, -0.25) is 14.9 Å². The molecule has 0 atom stereocenters. The second kappa shape index (κ2) is 9.20. The first-order valence-corrected chi connectivity index (χ1v) is 11.1. The number of carbonyl (C=O) groups excluding carboxylic acids is 1. The monoisotopic (exact) mass is 468 g/mol. The first-order chi connectivity index (χ1) is 16.1. The fourth-order valence-electron chi connectivity index (χ4n) is 4.16. The zero-order chi connectivity index (χ0) is 24.5. The molecule has 0 spiro atoms. The molecule has 1 aromatic carbocycles. The van der Waals surface area contributed by atoms with Gasteiger partial charge in [-0.15, -0.1) is 5.10 Å². The number of esters is 1. The predicted octanol–water partition coefficient (Wildman–Crippen LogP) is 2.75. The van der Waals surface area contributed by atoms with Crippen LogP contribution in [0.2, 0.25) is 0 Å². The number of likely N-dealkylation sites (N-methyl/N-ethyl adjacent to an activating group) is 1. The Morgan fingerprint density at radius 3 is 2.62 bits per heavy atom. The van der Waals surface area contributed by atoms with Gasteiger partial charge in [0.1, 0.15) is 24.0 Å². The quantitative estimate of drug-likeness (QED) is 0.302. The molecule has 0 saturated carbocycles. The van der Waals surface area contributed by atoms with Gasteiger partial charge >= 0.3 is 11.7 Å². The van der Waals surface area contributed by atoms with Crippen LogP contribution in [-0.4, -0.2) is 68.1 Å². The number of nitro groups is 1. The molecule has 0 aliphatic carbocycles. The highest BCUT2D eigenvalue weighted by Gasteiger charge is 2.33. The van der Waals surface area contributed by atoms with Gasteiger partial charge in [-0.25, -0.2) is 14.6 Å². The smallest absolute Gasteiger partial charge is 0.353 e. The van der Waals surface area contributed by atoms with Crippen molar-refractivity contribution in [3.63, 3.8) is 0 Å². The van der Waals surface area contributed by atoms with E-state index in [0.717, 1.165) is 23.9 Å². The molecule has 0 amide bonds. The van der Waals surface area contributed by atoms with Crippen molar-refractivity contribution in [3.8, 4) is 0 Å². The van der Waals surface area contributed by atoms with Crippen molar-refractivity contribution >= 4 is 34.3 Å². The third-order valence-electron chi connectivity index (χ3n) is 5.60. The summed E-state index contributed by atoms with van der Waals surface area (Å²) in [7, 11) is 1.57. The van der Waals surface area contributed by atoms with Crippen molar-refractivity contribution in [2.75, 3.05) is 36.5 Å². The summed E-state index contributed by atoms with van der Waals surface area (Å²) in [6.07, 6.45) is 2.76. The molecular formula is C22H28N8O4. The highest BCUT2D eigenvalue weighted by atomic mass is 16.6. The molecule has 3 aromatic rings. The Morgan fingerprint density at radius 1 is 1.24 bits per heavy atom. The van der Waals surface area contributed by atoms with Gasteiger partial charge in [-0.2, -0.15) is 0 Å². The van der Waals surface area contributed by atoms with E-state index in [1.807, 2.05) is 33.8 Å². The lowest BCUT2D eigenvalue weighted by atomic mass is 10.0. The van der Waals surface area contributed by atoms with E-state index in [1.165, 1.54) is 11.2 Å². The average Bonchev–Trinajstić information content (AvgIpc) is 3.21. The molecule has 4 rings (SSSR count). The van der Waals surface area contributed by atoms with Gasteiger partial charge in [0.25, 0.3) is 0 Å². The maximum atomic E-state index is 12.3. The number of ether oxygens (including phenoxy) is 1. The highest BCUT2D eigenvalue weighted by molar-refractivity contribution is 5.79. The molecule has 0 N–H and O–H groups in total. The minimum absolute atomic E-state index is 0.0743. The van der Waals surface area contributed by atoms with E-state index >= 15 is 0 Å². The Kier molecular flexibility index (Phi) is 6.31. The van der Waals surface area contributed by atoms with Crippen LogP contribution in [-0.2, 0) is 9.53 Å². The molecule has 3 heterocycles. The van der Waals surface area contributed by atoms with E-state index in [0.29, 0.717) is 13.1 Å². The molecule has 0 radical (unpaired) electrons. The largest absolute Gasteiger partial charge is 0.459 e. The first kappa shape index (κ1) is 23.3. The Hall–Kier alpha value is -3.83.